The molecule has 0 saturated heterocycles. The fourth-order valence-electron chi connectivity index (χ4n) is 3.22. The van der Waals surface area contributed by atoms with Crippen LogP contribution in [0, 0.1) is 11.8 Å². The summed E-state index contributed by atoms with van der Waals surface area (Å²) in [4.78, 5) is 16.1. The summed E-state index contributed by atoms with van der Waals surface area (Å²) in [5, 5.41) is 0.825. The summed E-state index contributed by atoms with van der Waals surface area (Å²) in [5.41, 5.74) is 0. The molecule has 1 aliphatic carbocycles. The van der Waals surface area contributed by atoms with Gasteiger partial charge >= 0.3 is 6.18 Å². The van der Waals surface area contributed by atoms with Crippen LogP contribution in [0.5, 0.6) is 0 Å². The maximum Gasteiger partial charge on any atom is 0.391 e. The van der Waals surface area contributed by atoms with Crippen molar-refractivity contribution in [2.75, 3.05) is 0 Å². The minimum Gasteiger partial charge on any atom is -0.271 e. The smallest absolute Gasteiger partial charge is 0.271 e. The van der Waals surface area contributed by atoms with Crippen molar-refractivity contribution in [3.05, 3.63) is 0 Å². The average Bonchev–Trinajstić information content (AvgIpc) is 2.64. The number of carbonyl (C=O) groups is 1. The lowest BCUT2D eigenvalue weighted by molar-refractivity contribution is -0.183. The SMILES string of the molecule is CCC[C@@]1(C)SC(CC2CCC(C(F)(F)F)CC2)=NC1=O. The fraction of sp³-hybridized carbons (Fsp3) is 0.867. The molecule has 21 heavy (non-hydrogen) atoms. The second-order valence-corrected chi connectivity index (χ2v) is 7.93. The fourth-order valence-corrected chi connectivity index (χ4v) is 4.63. The maximum absolute atomic E-state index is 12.6. The lowest BCUT2D eigenvalue weighted by Gasteiger charge is -2.29. The Balaban J connectivity index is 1.85. The number of amides is 1. The Kier molecular flexibility index (Phi) is 5.06. The van der Waals surface area contributed by atoms with E-state index in [4.69, 9.17) is 0 Å². The van der Waals surface area contributed by atoms with Crippen molar-refractivity contribution in [3.8, 4) is 0 Å². The number of hydrogen-bond acceptors (Lipinski definition) is 2. The molecule has 0 radical (unpaired) electrons. The van der Waals surface area contributed by atoms with Crippen LogP contribution in [0.15, 0.2) is 4.99 Å². The van der Waals surface area contributed by atoms with Gasteiger partial charge in [0.2, 0.25) is 0 Å². The van der Waals surface area contributed by atoms with Gasteiger partial charge in [0.15, 0.2) is 0 Å². The summed E-state index contributed by atoms with van der Waals surface area (Å²) in [6, 6.07) is 0. The van der Waals surface area contributed by atoms with E-state index in [1.807, 2.05) is 13.8 Å². The number of carbonyl (C=O) groups excluding carboxylic acids is 1. The van der Waals surface area contributed by atoms with Crippen LogP contribution in [0.2, 0.25) is 0 Å². The lowest BCUT2D eigenvalue weighted by Crippen LogP contribution is -2.28. The van der Waals surface area contributed by atoms with Crippen LogP contribution < -0.4 is 0 Å². The van der Waals surface area contributed by atoms with E-state index in [-0.39, 0.29) is 24.7 Å². The number of hydrogen-bond donors (Lipinski definition) is 0. The summed E-state index contributed by atoms with van der Waals surface area (Å²) in [7, 11) is 0. The van der Waals surface area contributed by atoms with Crippen LogP contribution in [0.25, 0.3) is 0 Å². The van der Waals surface area contributed by atoms with Gasteiger partial charge in [0, 0.05) is 0 Å². The number of aliphatic imine (C=N–C) groups is 1. The van der Waals surface area contributed by atoms with Gasteiger partial charge in [-0.1, -0.05) is 25.1 Å². The van der Waals surface area contributed by atoms with Crippen LogP contribution in [-0.4, -0.2) is 21.9 Å². The third-order valence-electron chi connectivity index (χ3n) is 4.52. The monoisotopic (exact) mass is 321 g/mol. The molecule has 0 N–H and O–H groups in total. The molecule has 0 aromatic rings. The Morgan fingerprint density at radius 2 is 1.90 bits per heavy atom. The first kappa shape index (κ1) is 16.8. The molecule has 0 unspecified atom stereocenters. The highest BCUT2D eigenvalue weighted by Crippen LogP contribution is 2.44. The Morgan fingerprint density at radius 3 is 2.43 bits per heavy atom. The molecular formula is C15H22F3NOS. The summed E-state index contributed by atoms with van der Waals surface area (Å²) >= 11 is 1.52. The summed E-state index contributed by atoms with van der Waals surface area (Å²) in [6.07, 6.45) is -0.0664. The second-order valence-electron chi connectivity index (χ2n) is 6.36. The normalized spacial score (nSPS) is 34.1. The first-order valence-electron chi connectivity index (χ1n) is 7.62. The Morgan fingerprint density at radius 1 is 1.29 bits per heavy atom. The first-order valence-corrected chi connectivity index (χ1v) is 8.44. The van der Waals surface area contributed by atoms with Gasteiger partial charge in [-0.15, -0.1) is 0 Å². The van der Waals surface area contributed by atoms with E-state index in [0.717, 1.165) is 17.9 Å². The highest BCUT2D eigenvalue weighted by atomic mass is 32.2. The van der Waals surface area contributed by atoms with Gasteiger partial charge in [0.25, 0.3) is 5.91 Å². The molecule has 1 saturated carbocycles. The summed E-state index contributed by atoms with van der Waals surface area (Å²) < 4.78 is 37.5. The van der Waals surface area contributed by atoms with Gasteiger partial charge in [0.05, 0.1) is 15.7 Å². The molecule has 0 aromatic carbocycles. The highest BCUT2D eigenvalue weighted by Gasteiger charge is 2.43. The number of thioether (sulfide) groups is 1. The van der Waals surface area contributed by atoms with E-state index in [9.17, 15) is 18.0 Å². The standard InChI is InChI=1S/C15H22F3NOS/c1-3-8-14(2)13(20)19-12(21-14)9-10-4-6-11(7-5-10)15(16,17)18/h10-11H,3-9H2,1-2H3/t10?,11?,14-/m1/s1. The van der Waals surface area contributed by atoms with E-state index in [1.54, 1.807) is 0 Å². The number of alkyl halides is 3. The molecular weight excluding hydrogens is 299 g/mol. The molecule has 1 aliphatic heterocycles. The minimum atomic E-state index is -4.06. The zero-order chi connectivity index (χ0) is 15.7. The molecule has 1 atom stereocenters. The van der Waals surface area contributed by atoms with Crippen LogP contribution in [0.3, 0.4) is 0 Å². The Labute approximate surface area is 128 Å². The minimum absolute atomic E-state index is 0.0756. The van der Waals surface area contributed by atoms with Crippen molar-refractivity contribution in [2.24, 2.45) is 16.8 Å². The molecule has 0 aromatic heterocycles. The number of rotatable bonds is 4. The summed E-state index contributed by atoms with van der Waals surface area (Å²) in [6.45, 7) is 3.95. The molecule has 2 rings (SSSR count). The lowest BCUT2D eigenvalue weighted by atomic mass is 9.80. The predicted octanol–water partition coefficient (Wildman–Crippen LogP) is 4.98. The van der Waals surface area contributed by atoms with E-state index in [2.05, 4.69) is 4.99 Å². The third kappa shape index (κ3) is 4.02. The van der Waals surface area contributed by atoms with Crippen molar-refractivity contribution in [1.82, 2.24) is 0 Å². The molecule has 6 heteroatoms. The molecule has 1 fully saturated rings. The summed E-state index contributed by atoms with van der Waals surface area (Å²) in [5.74, 6) is -0.973. The molecule has 0 bridgehead atoms. The van der Waals surface area contributed by atoms with E-state index in [0.29, 0.717) is 19.3 Å². The van der Waals surface area contributed by atoms with Gasteiger partial charge in [0.1, 0.15) is 0 Å². The molecule has 1 amide bonds. The predicted molar refractivity (Wildman–Crippen MR) is 79.5 cm³/mol. The van der Waals surface area contributed by atoms with E-state index < -0.39 is 16.8 Å². The average molecular weight is 321 g/mol. The maximum atomic E-state index is 12.6. The van der Waals surface area contributed by atoms with Crippen LogP contribution in [-0.2, 0) is 4.79 Å². The van der Waals surface area contributed by atoms with Crippen LogP contribution in [0.4, 0.5) is 13.2 Å². The van der Waals surface area contributed by atoms with E-state index in [1.165, 1.54) is 11.8 Å². The van der Waals surface area contributed by atoms with Crippen LogP contribution in [0.1, 0.15) is 58.8 Å². The number of nitrogens with zero attached hydrogens (tertiary/aromatic N) is 1. The van der Waals surface area contributed by atoms with E-state index >= 15 is 0 Å². The van der Waals surface area contributed by atoms with Gasteiger partial charge in [-0.2, -0.15) is 13.2 Å². The molecule has 0 spiro atoms. The van der Waals surface area contributed by atoms with Crippen molar-refractivity contribution < 1.29 is 18.0 Å². The number of halogens is 3. The first-order chi connectivity index (χ1) is 9.74. The molecule has 2 aliphatic rings. The zero-order valence-corrected chi connectivity index (χ0v) is 13.3. The highest BCUT2D eigenvalue weighted by molar-refractivity contribution is 8.16. The van der Waals surface area contributed by atoms with Crippen molar-refractivity contribution in [3.63, 3.8) is 0 Å². The Bertz CT molecular complexity index is 427. The van der Waals surface area contributed by atoms with Crippen LogP contribution >= 0.6 is 11.8 Å². The van der Waals surface area contributed by atoms with Gasteiger partial charge < -0.3 is 0 Å². The van der Waals surface area contributed by atoms with Gasteiger partial charge in [-0.05, 0) is 51.4 Å². The molecule has 2 nitrogen and oxygen atoms in total. The third-order valence-corrected chi connectivity index (χ3v) is 5.84. The quantitative estimate of drug-likeness (QED) is 0.731. The van der Waals surface area contributed by atoms with Gasteiger partial charge in [-0.3, -0.25) is 4.79 Å². The van der Waals surface area contributed by atoms with Crippen molar-refractivity contribution in [1.29, 1.82) is 0 Å². The van der Waals surface area contributed by atoms with Crippen molar-refractivity contribution >= 4 is 22.7 Å². The van der Waals surface area contributed by atoms with Crippen molar-refractivity contribution in [2.45, 2.75) is 69.7 Å². The van der Waals surface area contributed by atoms with Gasteiger partial charge in [-0.25, -0.2) is 4.99 Å². The Hall–Kier alpha value is -0.520. The second kappa shape index (κ2) is 6.31. The largest absolute Gasteiger partial charge is 0.391 e. The zero-order valence-electron chi connectivity index (χ0n) is 12.5. The molecule has 1 heterocycles. The molecule has 120 valence electrons. The topological polar surface area (TPSA) is 29.4 Å².